The second-order valence-electron chi connectivity index (χ2n) is 5.84. The highest BCUT2D eigenvalue weighted by atomic mass is 32.1. The summed E-state index contributed by atoms with van der Waals surface area (Å²) in [5.74, 6) is -0.0631. The Morgan fingerprint density at radius 3 is 2.79 bits per heavy atom. The lowest BCUT2D eigenvalue weighted by Gasteiger charge is -2.32. The summed E-state index contributed by atoms with van der Waals surface area (Å²) in [7, 11) is 0. The number of nitrogens with zero attached hydrogens (tertiary/aromatic N) is 2. The van der Waals surface area contributed by atoms with E-state index >= 15 is 0 Å². The lowest BCUT2D eigenvalue weighted by Crippen LogP contribution is -2.51. The number of carbonyl (C=O) groups excluding carboxylic acids is 2. The molecule has 6 heteroatoms. The third-order valence-electron chi connectivity index (χ3n) is 3.17. The maximum absolute atomic E-state index is 12.6. The third kappa shape index (κ3) is 3.32. The highest BCUT2D eigenvalue weighted by Crippen LogP contribution is 2.24. The van der Waals surface area contributed by atoms with E-state index < -0.39 is 6.04 Å². The first-order chi connectivity index (χ1) is 8.88. The van der Waals surface area contributed by atoms with E-state index in [0.717, 1.165) is 4.88 Å². The van der Waals surface area contributed by atoms with Crippen molar-refractivity contribution >= 4 is 23.2 Å². The van der Waals surface area contributed by atoms with Crippen molar-refractivity contribution in [2.75, 3.05) is 6.54 Å². The molecule has 19 heavy (non-hydrogen) atoms. The SMILES string of the molecule is CC(C)(C)C1NC(=O)CCN(Cc2cncs2)C1=O. The van der Waals surface area contributed by atoms with Gasteiger partial charge in [-0.3, -0.25) is 14.6 Å². The van der Waals surface area contributed by atoms with Crippen molar-refractivity contribution < 1.29 is 9.59 Å². The van der Waals surface area contributed by atoms with Gasteiger partial charge >= 0.3 is 0 Å². The standard InChI is InChI=1S/C13H19N3O2S/c1-13(2,3)11-12(18)16(5-4-10(17)15-11)7-9-6-14-8-19-9/h6,8,11H,4-5,7H2,1-3H3,(H,15,17). The molecule has 0 saturated carbocycles. The van der Waals surface area contributed by atoms with Gasteiger partial charge < -0.3 is 10.2 Å². The molecule has 104 valence electrons. The summed E-state index contributed by atoms with van der Waals surface area (Å²) >= 11 is 1.52. The zero-order valence-corrected chi connectivity index (χ0v) is 12.3. The molecule has 1 unspecified atom stereocenters. The predicted octanol–water partition coefficient (Wildman–Crippen LogP) is 1.41. The van der Waals surface area contributed by atoms with Crippen molar-refractivity contribution in [2.45, 2.75) is 39.8 Å². The number of thiazole rings is 1. The summed E-state index contributed by atoms with van der Waals surface area (Å²) in [5.41, 5.74) is 1.46. The maximum Gasteiger partial charge on any atom is 0.246 e. The number of hydrogen-bond acceptors (Lipinski definition) is 4. The fourth-order valence-electron chi connectivity index (χ4n) is 2.08. The van der Waals surface area contributed by atoms with E-state index in [1.165, 1.54) is 11.3 Å². The number of rotatable bonds is 2. The molecule has 5 nitrogen and oxygen atoms in total. The predicted molar refractivity (Wildman–Crippen MR) is 73.5 cm³/mol. The summed E-state index contributed by atoms with van der Waals surface area (Å²) < 4.78 is 0. The summed E-state index contributed by atoms with van der Waals surface area (Å²) in [6.45, 7) is 6.89. The average Bonchev–Trinajstić information content (AvgIpc) is 2.77. The van der Waals surface area contributed by atoms with Crippen LogP contribution in [-0.2, 0) is 16.1 Å². The number of aromatic nitrogens is 1. The molecular weight excluding hydrogens is 262 g/mol. The first kappa shape index (κ1) is 14.0. The van der Waals surface area contributed by atoms with Crippen LogP contribution in [0.5, 0.6) is 0 Å². The van der Waals surface area contributed by atoms with Crippen LogP contribution in [0.25, 0.3) is 0 Å². The molecule has 1 saturated heterocycles. The van der Waals surface area contributed by atoms with Crippen molar-refractivity contribution in [1.82, 2.24) is 15.2 Å². The van der Waals surface area contributed by atoms with E-state index in [9.17, 15) is 9.59 Å². The average molecular weight is 281 g/mol. The Labute approximate surface area is 117 Å². The minimum Gasteiger partial charge on any atom is -0.344 e. The summed E-state index contributed by atoms with van der Waals surface area (Å²) in [6.07, 6.45) is 2.13. The van der Waals surface area contributed by atoms with E-state index in [-0.39, 0.29) is 17.2 Å². The number of nitrogens with one attached hydrogen (secondary N) is 1. The van der Waals surface area contributed by atoms with E-state index in [4.69, 9.17) is 0 Å². The quantitative estimate of drug-likeness (QED) is 0.891. The Balaban J connectivity index is 2.19. The van der Waals surface area contributed by atoms with Gasteiger partial charge in [-0.15, -0.1) is 11.3 Å². The van der Waals surface area contributed by atoms with E-state index in [2.05, 4.69) is 10.3 Å². The third-order valence-corrected chi connectivity index (χ3v) is 3.93. The normalized spacial score (nSPS) is 21.2. The van der Waals surface area contributed by atoms with Gasteiger partial charge in [-0.2, -0.15) is 0 Å². The Kier molecular flexibility index (Phi) is 3.89. The molecule has 0 aromatic carbocycles. The molecule has 1 fully saturated rings. The number of amides is 2. The van der Waals surface area contributed by atoms with Gasteiger partial charge in [0.05, 0.1) is 12.1 Å². The van der Waals surface area contributed by atoms with Crippen LogP contribution in [0.4, 0.5) is 0 Å². The smallest absolute Gasteiger partial charge is 0.246 e. The molecule has 2 amide bonds. The van der Waals surface area contributed by atoms with Crippen LogP contribution in [-0.4, -0.2) is 34.3 Å². The minimum atomic E-state index is -0.463. The Morgan fingerprint density at radius 1 is 1.47 bits per heavy atom. The molecule has 0 aliphatic carbocycles. The van der Waals surface area contributed by atoms with Crippen LogP contribution in [0.1, 0.15) is 32.1 Å². The van der Waals surface area contributed by atoms with Crippen LogP contribution < -0.4 is 5.32 Å². The van der Waals surface area contributed by atoms with Crippen LogP contribution in [0, 0.1) is 5.41 Å². The maximum atomic E-state index is 12.6. The highest BCUT2D eigenvalue weighted by molar-refractivity contribution is 7.09. The van der Waals surface area contributed by atoms with Gasteiger partial charge in [0, 0.05) is 24.0 Å². The molecule has 1 N–H and O–H groups in total. The highest BCUT2D eigenvalue weighted by Gasteiger charge is 2.37. The zero-order chi connectivity index (χ0) is 14.0. The largest absolute Gasteiger partial charge is 0.344 e. The molecule has 1 atom stereocenters. The van der Waals surface area contributed by atoms with Crippen LogP contribution in [0.15, 0.2) is 11.7 Å². The van der Waals surface area contributed by atoms with Crippen LogP contribution in [0.2, 0.25) is 0 Å². The fraction of sp³-hybridized carbons (Fsp3) is 0.615. The molecule has 1 aliphatic rings. The molecule has 2 rings (SSSR count). The summed E-state index contributed by atoms with van der Waals surface area (Å²) in [6, 6.07) is -0.463. The lowest BCUT2D eigenvalue weighted by atomic mass is 9.86. The summed E-state index contributed by atoms with van der Waals surface area (Å²) in [4.78, 5) is 31.1. The molecule has 1 aromatic heterocycles. The lowest BCUT2D eigenvalue weighted by molar-refractivity contribution is -0.136. The molecular formula is C13H19N3O2S. The second kappa shape index (κ2) is 5.28. The van der Waals surface area contributed by atoms with Gasteiger partial charge in [-0.05, 0) is 5.41 Å². The van der Waals surface area contributed by atoms with Crippen molar-refractivity contribution in [1.29, 1.82) is 0 Å². The zero-order valence-electron chi connectivity index (χ0n) is 11.5. The Morgan fingerprint density at radius 2 is 2.21 bits per heavy atom. The number of hydrogen-bond donors (Lipinski definition) is 1. The van der Waals surface area contributed by atoms with Gasteiger partial charge in [0.2, 0.25) is 11.8 Å². The van der Waals surface area contributed by atoms with Crippen molar-refractivity contribution in [3.05, 3.63) is 16.6 Å². The topological polar surface area (TPSA) is 62.3 Å². The molecule has 1 aromatic rings. The molecule has 1 aliphatic heterocycles. The second-order valence-corrected chi connectivity index (χ2v) is 6.81. The van der Waals surface area contributed by atoms with Gasteiger partial charge in [0.1, 0.15) is 6.04 Å². The van der Waals surface area contributed by atoms with Crippen molar-refractivity contribution in [2.24, 2.45) is 5.41 Å². The van der Waals surface area contributed by atoms with Gasteiger partial charge in [0.15, 0.2) is 0 Å². The monoisotopic (exact) mass is 281 g/mol. The van der Waals surface area contributed by atoms with E-state index in [1.54, 1.807) is 16.6 Å². The van der Waals surface area contributed by atoms with E-state index in [1.807, 2.05) is 20.8 Å². The molecule has 0 radical (unpaired) electrons. The first-order valence-electron chi connectivity index (χ1n) is 6.33. The Bertz CT molecular complexity index is 465. The Hall–Kier alpha value is -1.43. The molecule has 2 heterocycles. The van der Waals surface area contributed by atoms with Crippen molar-refractivity contribution in [3.63, 3.8) is 0 Å². The van der Waals surface area contributed by atoms with Crippen LogP contribution >= 0.6 is 11.3 Å². The minimum absolute atomic E-state index is 0.00764. The van der Waals surface area contributed by atoms with Crippen molar-refractivity contribution in [3.8, 4) is 0 Å². The van der Waals surface area contributed by atoms with Gasteiger partial charge in [0.25, 0.3) is 0 Å². The first-order valence-corrected chi connectivity index (χ1v) is 7.21. The molecule has 0 spiro atoms. The van der Waals surface area contributed by atoms with Gasteiger partial charge in [-0.25, -0.2) is 0 Å². The molecule has 0 bridgehead atoms. The summed E-state index contributed by atoms with van der Waals surface area (Å²) in [5, 5.41) is 2.84. The van der Waals surface area contributed by atoms with E-state index in [0.29, 0.717) is 19.5 Å². The van der Waals surface area contributed by atoms with Crippen LogP contribution in [0.3, 0.4) is 0 Å². The van der Waals surface area contributed by atoms with Gasteiger partial charge in [-0.1, -0.05) is 20.8 Å². The fourth-order valence-corrected chi connectivity index (χ4v) is 2.69. The number of carbonyl (C=O) groups is 2.